The van der Waals surface area contributed by atoms with Crippen LogP contribution in [0.25, 0.3) is 0 Å². The molecule has 5 heteroatoms. The summed E-state index contributed by atoms with van der Waals surface area (Å²) < 4.78 is 17.7. The van der Waals surface area contributed by atoms with E-state index in [0.717, 1.165) is 5.56 Å². The smallest absolute Gasteiger partial charge is 0.192 e. The Kier molecular flexibility index (Phi) is 5.45. The third-order valence-corrected chi connectivity index (χ3v) is 9.13. The maximum atomic E-state index is 10.1. The van der Waals surface area contributed by atoms with Gasteiger partial charge in [0.1, 0.15) is 12.2 Å². The minimum absolute atomic E-state index is 0.141. The number of ether oxygens (including phenoxy) is 2. The summed E-state index contributed by atoms with van der Waals surface area (Å²) in [6, 6.07) is 9.80. The monoisotopic (exact) mass is 324 g/mol. The molecule has 0 amide bonds. The topological polar surface area (TPSA) is 47.9 Å². The van der Waals surface area contributed by atoms with Gasteiger partial charge in [-0.1, -0.05) is 51.1 Å². The van der Waals surface area contributed by atoms with E-state index in [1.807, 2.05) is 30.3 Å². The third-order valence-electron chi connectivity index (χ3n) is 4.63. The predicted octanol–water partition coefficient (Wildman–Crippen LogP) is 3.48. The van der Waals surface area contributed by atoms with Gasteiger partial charge in [0, 0.05) is 5.56 Å². The molecule has 22 heavy (non-hydrogen) atoms. The van der Waals surface area contributed by atoms with E-state index in [1.165, 1.54) is 0 Å². The first-order valence-corrected chi connectivity index (χ1v) is 10.8. The lowest BCUT2D eigenvalue weighted by Gasteiger charge is -2.39. The fraction of sp³-hybridized carbons (Fsp3) is 0.647. The lowest BCUT2D eigenvalue weighted by atomic mass is 10.1. The minimum Gasteiger partial charge on any atom is -0.414 e. The van der Waals surface area contributed by atoms with Crippen molar-refractivity contribution in [3.05, 3.63) is 35.9 Å². The quantitative estimate of drug-likeness (QED) is 0.861. The van der Waals surface area contributed by atoms with Gasteiger partial charge in [0.15, 0.2) is 14.6 Å². The Hall–Kier alpha value is -0.723. The second-order valence-electron chi connectivity index (χ2n) is 7.39. The summed E-state index contributed by atoms with van der Waals surface area (Å²) in [5.74, 6) is 0. The molecule has 0 bridgehead atoms. The highest BCUT2D eigenvalue weighted by Crippen LogP contribution is 2.37. The van der Waals surface area contributed by atoms with E-state index in [-0.39, 0.29) is 17.7 Å². The fourth-order valence-corrected chi connectivity index (χ4v) is 3.04. The average Bonchev–Trinajstić information content (AvgIpc) is 2.46. The molecule has 0 spiro atoms. The first kappa shape index (κ1) is 17.6. The zero-order valence-corrected chi connectivity index (χ0v) is 15.2. The number of benzene rings is 1. The van der Waals surface area contributed by atoms with Crippen molar-refractivity contribution in [2.45, 2.75) is 57.4 Å². The van der Waals surface area contributed by atoms with Crippen LogP contribution >= 0.6 is 0 Å². The summed E-state index contributed by atoms with van der Waals surface area (Å²) in [5.41, 5.74) is 0.965. The van der Waals surface area contributed by atoms with Crippen LogP contribution in [0, 0.1) is 0 Å². The largest absolute Gasteiger partial charge is 0.414 e. The maximum absolute atomic E-state index is 10.1. The molecule has 2 rings (SSSR count). The van der Waals surface area contributed by atoms with E-state index in [1.54, 1.807) is 0 Å². The highest BCUT2D eigenvalue weighted by atomic mass is 28.4. The highest BCUT2D eigenvalue weighted by molar-refractivity contribution is 6.74. The Morgan fingerprint density at radius 1 is 1.23 bits per heavy atom. The van der Waals surface area contributed by atoms with Gasteiger partial charge in [-0.2, -0.15) is 0 Å². The van der Waals surface area contributed by atoms with E-state index in [4.69, 9.17) is 13.9 Å². The zero-order valence-electron chi connectivity index (χ0n) is 14.2. The van der Waals surface area contributed by atoms with E-state index >= 15 is 0 Å². The van der Waals surface area contributed by atoms with Gasteiger partial charge < -0.3 is 19.0 Å². The van der Waals surface area contributed by atoms with Gasteiger partial charge >= 0.3 is 0 Å². The molecule has 124 valence electrons. The number of hydrogen-bond acceptors (Lipinski definition) is 4. The van der Waals surface area contributed by atoms with Gasteiger partial charge in [0.05, 0.1) is 13.2 Å². The molecular weight excluding hydrogens is 296 g/mol. The standard InChI is InChI=1S/C17H28O4Si/c1-17(2,3)22(4,5)20-12-15-14(18)11-19-16(21-15)13-9-7-6-8-10-13/h6-10,14-16,18H,11-12H2,1-5H3/t14-,15+,16-/m1/s1. The molecular formula is C17H28O4Si. The Morgan fingerprint density at radius 2 is 1.86 bits per heavy atom. The molecule has 1 fully saturated rings. The van der Waals surface area contributed by atoms with Crippen molar-refractivity contribution in [3.63, 3.8) is 0 Å². The molecule has 4 nitrogen and oxygen atoms in total. The maximum Gasteiger partial charge on any atom is 0.192 e. The molecule has 1 aromatic carbocycles. The van der Waals surface area contributed by atoms with Crippen LogP contribution < -0.4 is 0 Å². The van der Waals surface area contributed by atoms with E-state index in [0.29, 0.717) is 6.61 Å². The van der Waals surface area contributed by atoms with Crippen molar-refractivity contribution in [3.8, 4) is 0 Å². The molecule has 1 saturated heterocycles. The number of rotatable bonds is 4. The SMILES string of the molecule is CC(C)(C)[Si](C)(C)OC[C@@H]1O[C@H](c2ccccc2)OC[C@H]1O. The van der Waals surface area contributed by atoms with Crippen LogP contribution in [0.1, 0.15) is 32.6 Å². The Labute approximate surface area is 134 Å². The van der Waals surface area contributed by atoms with Gasteiger partial charge in [-0.25, -0.2) is 0 Å². The first-order valence-electron chi connectivity index (χ1n) is 7.85. The van der Waals surface area contributed by atoms with Gasteiger partial charge in [0.2, 0.25) is 0 Å². The Morgan fingerprint density at radius 3 is 2.45 bits per heavy atom. The Bertz CT molecular complexity index is 469. The molecule has 0 aliphatic carbocycles. The van der Waals surface area contributed by atoms with Crippen molar-refractivity contribution >= 4 is 8.32 Å². The predicted molar refractivity (Wildman–Crippen MR) is 89.2 cm³/mol. The summed E-state index contributed by atoms with van der Waals surface area (Å²) in [6.07, 6.45) is -1.43. The summed E-state index contributed by atoms with van der Waals surface area (Å²) in [5, 5.41) is 10.3. The van der Waals surface area contributed by atoms with Crippen LogP contribution in [0.4, 0.5) is 0 Å². The number of aliphatic hydroxyl groups is 1. The average molecular weight is 324 g/mol. The molecule has 0 radical (unpaired) electrons. The molecule has 1 aromatic rings. The molecule has 1 aliphatic rings. The molecule has 0 unspecified atom stereocenters. The Balaban J connectivity index is 1.98. The van der Waals surface area contributed by atoms with Gasteiger partial charge in [-0.3, -0.25) is 0 Å². The number of hydrogen-bond donors (Lipinski definition) is 1. The lowest BCUT2D eigenvalue weighted by molar-refractivity contribution is -0.262. The summed E-state index contributed by atoms with van der Waals surface area (Å²) in [4.78, 5) is 0. The van der Waals surface area contributed by atoms with Crippen molar-refractivity contribution in [1.82, 2.24) is 0 Å². The first-order chi connectivity index (χ1) is 10.2. The molecule has 0 saturated carbocycles. The van der Waals surface area contributed by atoms with Crippen LogP contribution in [0.15, 0.2) is 30.3 Å². The molecule has 3 atom stereocenters. The van der Waals surface area contributed by atoms with E-state index < -0.39 is 20.7 Å². The van der Waals surface area contributed by atoms with Crippen molar-refractivity contribution in [1.29, 1.82) is 0 Å². The van der Waals surface area contributed by atoms with Gasteiger partial charge in [0.25, 0.3) is 0 Å². The van der Waals surface area contributed by atoms with E-state index in [9.17, 15) is 5.11 Å². The second kappa shape index (κ2) is 6.80. The summed E-state index contributed by atoms with van der Waals surface area (Å²) in [6.45, 7) is 11.7. The van der Waals surface area contributed by atoms with Gasteiger partial charge in [-0.05, 0) is 18.1 Å². The third kappa shape index (κ3) is 4.17. The van der Waals surface area contributed by atoms with Crippen molar-refractivity contribution < 1.29 is 19.0 Å². The van der Waals surface area contributed by atoms with Crippen molar-refractivity contribution in [2.75, 3.05) is 13.2 Å². The fourth-order valence-electron chi connectivity index (χ4n) is 2.02. The lowest BCUT2D eigenvalue weighted by Crippen LogP contribution is -2.48. The second-order valence-corrected chi connectivity index (χ2v) is 12.2. The molecule has 0 aromatic heterocycles. The highest BCUT2D eigenvalue weighted by Gasteiger charge is 2.39. The normalized spacial score (nSPS) is 26.9. The van der Waals surface area contributed by atoms with Crippen LogP contribution in [0.3, 0.4) is 0 Å². The minimum atomic E-state index is -1.85. The molecule has 1 aliphatic heterocycles. The van der Waals surface area contributed by atoms with Gasteiger partial charge in [-0.15, -0.1) is 0 Å². The number of aliphatic hydroxyl groups excluding tert-OH is 1. The van der Waals surface area contributed by atoms with Crippen LogP contribution in [-0.2, 0) is 13.9 Å². The molecule has 1 heterocycles. The summed E-state index contributed by atoms with van der Waals surface area (Å²) in [7, 11) is -1.85. The van der Waals surface area contributed by atoms with Crippen LogP contribution in [0.2, 0.25) is 18.1 Å². The molecule has 1 N–H and O–H groups in total. The van der Waals surface area contributed by atoms with Crippen LogP contribution in [-0.4, -0.2) is 38.8 Å². The van der Waals surface area contributed by atoms with Crippen LogP contribution in [0.5, 0.6) is 0 Å². The summed E-state index contributed by atoms with van der Waals surface area (Å²) >= 11 is 0. The van der Waals surface area contributed by atoms with E-state index in [2.05, 4.69) is 33.9 Å². The zero-order chi connectivity index (χ0) is 16.4. The van der Waals surface area contributed by atoms with Crippen molar-refractivity contribution in [2.24, 2.45) is 0 Å².